The molecule has 0 spiro atoms. The number of fused-ring (bicyclic) bond motifs is 5. The molecule has 0 aromatic heterocycles. The molecule has 44 heavy (non-hydrogen) atoms. The van der Waals surface area contributed by atoms with Gasteiger partial charge in [-0.2, -0.15) is 8.42 Å². The molecule has 18 heteroatoms. The van der Waals surface area contributed by atoms with Crippen molar-refractivity contribution in [3.05, 3.63) is 0 Å². The van der Waals surface area contributed by atoms with Crippen LogP contribution in [0.15, 0.2) is 0 Å². The summed E-state index contributed by atoms with van der Waals surface area (Å²) in [5.41, 5.74) is -1.15. The van der Waals surface area contributed by atoms with Gasteiger partial charge in [0, 0.05) is 38.1 Å². The molecule has 4 rings (SSSR count). The lowest BCUT2D eigenvalue weighted by Crippen LogP contribution is -2.63. The SMILES string of the molecule is CC(CCC(=O)NCCS(=O)(=O)O)C1CCC2C3C(CCC12C)C1(C)CCC(F)(OP(=O)(O)O)CC1CC3(F)OP(=O)(O)O. The van der Waals surface area contributed by atoms with E-state index in [0.717, 1.165) is 0 Å². The van der Waals surface area contributed by atoms with Crippen molar-refractivity contribution >= 4 is 31.7 Å². The number of carbonyl (C=O) groups excluding carboxylic acids is 1. The minimum atomic E-state index is -5.35. The summed E-state index contributed by atoms with van der Waals surface area (Å²) in [5.74, 6) is -9.04. The summed E-state index contributed by atoms with van der Waals surface area (Å²) in [6, 6.07) is 0. The number of hydrogen-bond acceptors (Lipinski definition) is 7. The van der Waals surface area contributed by atoms with E-state index in [-0.39, 0.29) is 49.5 Å². The van der Waals surface area contributed by atoms with E-state index in [1.807, 2.05) is 20.8 Å². The molecule has 0 aromatic rings. The summed E-state index contributed by atoms with van der Waals surface area (Å²) in [5, 5.41) is 2.47. The van der Waals surface area contributed by atoms with Crippen molar-refractivity contribution in [1.82, 2.24) is 5.32 Å². The summed E-state index contributed by atoms with van der Waals surface area (Å²) in [6.07, 6.45) is 1.65. The molecule has 4 fully saturated rings. The molecule has 4 aliphatic carbocycles. The Morgan fingerprint density at radius 2 is 1.57 bits per heavy atom. The van der Waals surface area contributed by atoms with Crippen LogP contribution < -0.4 is 5.32 Å². The number of alkyl halides is 2. The Labute approximate surface area is 256 Å². The van der Waals surface area contributed by atoms with Gasteiger partial charge in [-0.25, -0.2) is 27.0 Å². The third kappa shape index (κ3) is 7.77. The zero-order chi connectivity index (χ0) is 33.1. The Morgan fingerprint density at radius 3 is 2.16 bits per heavy atom. The van der Waals surface area contributed by atoms with Gasteiger partial charge in [0.15, 0.2) is 0 Å². The average molecular weight is 696 g/mol. The van der Waals surface area contributed by atoms with Crippen LogP contribution >= 0.6 is 15.6 Å². The van der Waals surface area contributed by atoms with Crippen LogP contribution in [0.1, 0.15) is 85.0 Å². The smallest absolute Gasteiger partial charge is 0.355 e. The second-order valence-electron chi connectivity index (χ2n) is 14.1. The molecule has 10 unspecified atom stereocenters. The molecule has 0 aromatic carbocycles. The minimum absolute atomic E-state index is 0.00384. The van der Waals surface area contributed by atoms with Gasteiger partial charge >= 0.3 is 15.6 Å². The van der Waals surface area contributed by atoms with Crippen LogP contribution in [0, 0.1) is 46.3 Å². The van der Waals surface area contributed by atoms with Gasteiger partial charge in [0.25, 0.3) is 10.1 Å². The molecule has 256 valence electrons. The maximum atomic E-state index is 17.2. The van der Waals surface area contributed by atoms with E-state index in [1.165, 1.54) is 0 Å². The highest BCUT2D eigenvalue weighted by Crippen LogP contribution is 2.73. The minimum Gasteiger partial charge on any atom is -0.355 e. The van der Waals surface area contributed by atoms with Crippen LogP contribution in [-0.2, 0) is 33.1 Å². The van der Waals surface area contributed by atoms with E-state index in [1.54, 1.807) is 0 Å². The molecule has 13 nitrogen and oxygen atoms in total. The van der Waals surface area contributed by atoms with Crippen LogP contribution in [0.3, 0.4) is 0 Å². The molecule has 0 heterocycles. The number of phosphoric ester groups is 2. The van der Waals surface area contributed by atoms with Crippen molar-refractivity contribution in [3.63, 3.8) is 0 Å². The number of phosphoric acid groups is 2. The van der Waals surface area contributed by atoms with Crippen molar-refractivity contribution in [3.8, 4) is 0 Å². The predicted octanol–water partition coefficient (Wildman–Crippen LogP) is 4.23. The number of amides is 1. The van der Waals surface area contributed by atoms with Crippen LogP contribution in [0.4, 0.5) is 8.78 Å². The molecular formula is C26H45F2NO12P2S. The number of hydrogen-bond donors (Lipinski definition) is 6. The standard InChI is InChI=1S/C26H45F2NO12P2S/c1-16(4-7-21(30)29-12-13-44(37,38)39)18-5-6-19-22-20(8-9-24(18,19)3)23(2)10-11-25(27,40-42(31,32)33)14-17(23)15-26(22,28)41-43(34,35)36/h16-20,22H,4-15H2,1-3H3,(H,29,30)(H2,31,32,33)(H2,34,35,36)(H,37,38,39). The molecule has 0 radical (unpaired) electrons. The van der Waals surface area contributed by atoms with Gasteiger partial charge < -0.3 is 24.9 Å². The fourth-order valence-corrected chi connectivity index (χ4v) is 11.2. The summed E-state index contributed by atoms with van der Waals surface area (Å²) in [6.45, 7) is 5.71. The highest BCUT2D eigenvalue weighted by Gasteiger charge is 2.70. The lowest BCUT2D eigenvalue weighted by Gasteiger charge is -2.64. The van der Waals surface area contributed by atoms with Gasteiger partial charge in [0.05, 0.1) is 5.75 Å². The molecule has 0 saturated heterocycles. The Morgan fingerprint density at radius 1 is 0.955 bits per heavy atom. The van der Waals surface area contributed by atoms with Gasteiger partial charge in [0.2, 0.25) is 17.6 Å². The van der Waals surface area contributed by atoms with Crippen molar-refractivity contribution in [2.75, 3.05) is 12.3 Å². The highest BCUT2D eigenvalue weighted by molar-refractivity contribution is 7.85. The topological polar surface area (TPSA) is 217 Å². The highest BCUT2D eigenvalue weighted by atomic mass is 32.2. The fraction of sp³-hybridized carbons (Fsp3) is 0.962. The molecule has 1 amide bonds. The molecule has 10 atom stereocenters. The Kier molecular flexibility index (Phi) is 10.0. The monoisotopic (exact) mass is 695 g/mol. The first kappa shape index (κ1) is 36.3. The zero-order valence-electron chi connectivity index (χ0n) is 25.1. The quantitative estimate of drug-likeness (QED) is 0.132. The predicted molar refractivity (Wildman–Crippen MR) is 152 cm³/mol. The molecule has 6 N–H and O–H groups in total. The number of rotatable bonds is 11. The normalized spacial score (nSPS) is 41.7. The maximum Gasteiger partial charge on any atom is 0.472 e. The largest absolute Gasteiger partial charge is 0.472 e. The van der Waals surface area contributed by atoms with Gasteiger partial charge in [-0.05, 0) is 78.9 Å². The second-order valence-corrected chi connectivity index (χ2v) is 18.0. The molecular weight excluding hydrogens is 650 g/mol. The Hall–Kier alpha value is -0.540. The van der Waals surface area contributed by atoms with Crippen LogP contribution in [-0.4, -0.2) is 62.5 Å². The van der Waals surface area contributed by atoms with Gasteiger partial charge in [-0.3, -0.25) is 9.35 Å². The first-order valence-electron chi connectivity index (χ1n) is 15.0. The fourth-order valence-electron chi connectivity index (χ4n) is 9.64. The summed E-state index contributed by atoms with van der Waals surface area (Å²) in [4.78, 5) is 50.4. The third-order valence-electron chi connectivity index (χ3n) is 11.5. The van der Waals surface area contributed by atoms with E-state index in [4.69, 9.17) is 9.08 Å². The molecule has 4 saturated carbocycles. The third-order valence-corrected chi connectivity index (χ3v) is 13.3. The van der Waals surface area contributed by atoms with Crippen LogP contribution in [0.2, 0.25) is 0 Å². The number of carbonyl (C=O) groups is 1. The van der Waals surface area contributed by atoms with Crippen molar-refractivity contribution < 1.29 is 64.3 Å². The van der Waals surface area contributed by atoms with Crippen molar-refractivity contribution in [2.45, 2.75) is 96.7 Å². The van der Waals surface area contributed by atoms with E-state index in [2.05, 4.69) is 9.84 Å². The molecule has 0 aliphatic heterocycles. The second kappa shape index (κ2) is 12.2. The summed E-state index contributed by atoms with van der Waals surface area (Å²) >= 11 is 0. The van der Waals surface area contributed by atoms with Crippen molar-refractivity contribution in [2.24, 2.45) is 46.3 Å². The lowest BCUT2D eigenvalue weighted by molar-refractivity contribution is -0.276. The zero-order valence-corrected chi connectivity index (χ0v) is 27.7. The number of halogens is 2. The summed E-state index contributed by atoms with van der Waals surface area (Å²) < 4.78 is 96.4. The van der Waals surface area contributed by atoms with E-state index >= 15 is 8.78 Å². The maximum absolute atomic E-state index is 17.2. The van der Waals surface area contributed by atoms with Gasteiger partial charge in [0.1, 0.15) is 0 Å². The van der Waals surface area contributed by atoms with E-state index < -0.39 is 84.7 Å². The average Bonchev–Trinajstić information content (AvgIpc) is 3.17. The van der Waals surface area contributed by atoms with E-state index in [9.17, 15) is 41.9 Å². The van der Waals surface area contributed by atoms with Crippen molar-refractivity contribution in [1.29, 1.82) is 0 Å². The Bertz CT molecular complexity index is 1310. The van der Waals surface area contributed by atoms with Gasteiger partial charge in [-0.15, -0.1) is 0 Å². The van der Waals surface area contributed by atoms with Crippen LogP contribution in [0.5, 0.6) is 0 Å². The van der Waals surface area contributed by atoms with Gasteiger partial charge in [-0.1, -0.05) is 20.8 Å². The lowest BCUT2D eigenvalue weighted by atomic mass is 9.43. The summed E-state index contributed by atoms with van der Waals surface area (Å²) in [7, 11) is -14.8. The molecule has 4 aliphatic rings. The van der Waals surface area contributed by atoms with E-state index in [0.29, 0.717) is 32.1 Å². The van der Waals surface area contributed by atoms with Crippen LogP contribution in [0.25, 0.3) is 0 Å². The Balaban J connectivity index is 1.56. The first-order chi connectivity index (χ1) is 19.9. The number of nitrogens with one attached hydrogen (secondary N) is 1. The molecule has 0 bridgehead atoms. The first-order valence-corrected chi connectivity index (χ1v) is 19.7.